The molecule has 0 fully saturated rings. The Kier molecular flexibility index (Phi) is 2.01. The third-order valence-electron chi connectivity index (χ3n) is 3.03. The standard InChI is InChI=1S/C12H12N2O3/c1-6-7(2)12-10(15-5-16-12)3-8(6)9-4-11(13)17-14-9/h3-4H,5,13H2,1-2H3. The molecular weight excluding hydrogens is 220 g/mol. The average molecular weight is 232 g/mol. The Balaban J connectivity index is 2.21. The minimum atomic E-state index is 0.264. The first kappa shape index (κ1) is 10.0. The van der Waals surface area contributed by atoms with Gasteiger partial charge in [0.15, 0.2) is 11.5 Å². The third-order valence-corrected chi connectivity index (χ3v) is 3.03. The summed E-state index contributed by atoms with van der Waals surface area (Å²) in [6.07, 6.45) is 0. The van der Waals surface area contributed by atoms with Crippen LogP contribution >= 0.6 is 0 Å². The minimum Gasteiger partial charge on any atom is -0.454 e. The van der Waals surface area contributed by atoms with E-state index in [0.29, 0.717) is 11.6 Å². The summed E-state index contributed by atoms with van der Waals surface area (Å²) >= 11 is 0. The van der Waals surface area contributed by atoms with Gasteiger partial charge in [-0.3, -0.25) is 0 Å². The Labute approximate surface area is 98.1 Å². The lowest BCUT2D eigenvalue weighted by Crippen LogP contribution is -1.93. The maximum atomic E-state index is 5.53. The average Bonchev–Trinajstić information content (AvgIpc) is 2.91. The highest BCUT2D eigenvalue weighted by atomic mass is 16.7. The molecule has 0 atom stereocenters. The molecule has 0 spiro atoms. The topological polar surface area (TPSA) is 70.5 Å². The van der Waals surface area contributed by atoms with E-state index in [9.17, 15) is 0 Å². The van der Waals surface area contributed by atoms with E-state index in [2.05, 4.69) is 5.16 Å². The van der Waals surface area contributed by atoms with Crippen LogP contribution in [0, 0.1) is 13.8 Å². The van der Waals surface area contributed by atoms with Gasteiger partial charge >= 0.3 is 0 Å². The fraction of sp³-hybridized carbons (Fsp3) is 0.250. The summed E-state index contributed by atoms with van der Waals surface area (Å²) in [5.41, 5.74) is 9.33. The fourth-order valence-corrected chi connectivity index (χ4v) is 1.98. The molecule has 0 bridgehead atoms. The molecule has 2 heterocycles. The number of aromatic nitrogens is 1. The van der Waals surface area contributed by atoms with Crippen molar-refractivity contribution in [2.75, 3.05) is 12.5 Å². The lowest BCUT2D eigenvalue weighted by atomic mass is 9.99. The van der Waals surface area contributed by atoms with Gasteiger partial charge in [0.25, 0.3) is 0 Å². The molecule has 0 radical (unpaired) electrons. The van der Waals surface area contributed by atoms with Gasteiger partial charge < -0.3 is 19.7 Å². The van der Waals surface area contributed by atoms with E-state index >= 15 is 0 Å². The van der Waals surface area contributed by atoms with Crippen LogP contribution < -0.4 is 15.2 Å². The van der Waals surface area contributed by atoms with Gasteiger partial charge in [0.05, 0.1) is 0 Å². The smallest absolute Gasteiger partial charge is 0.231 e. The maximum absolute atomic E-state index is 5.53. The van der Waals surface area contributed by atoms with Crippen LogP contribution in [0.4, 0.5) is 5.88 Å². The van der Waals surface area contributed by atoms with E-state index in [-0.39, 0.29) is 6.79 Å². The highest BCUT2D eigenvalue weighted by molar-refractivity contribution is 5.72. The second-order valence-corrected chi connectivity index (χ2v) is 4.02. The highest BCUT2D eigenvalue weighted by Crippen LogP contribution is 2.41. The Bertz CT molecular complexity index is 590. The van der Waals surface area contributed by atoms with Crippen molar-refractivity contribution in [3.63, 3.8) is 0 Å². The largest absolute Gasteiger partial charge is 0.454 e. The summed E-state index contributed by atoms with van der Waals surface area (Å²) in [6, 6.07) is 3.60. The summed E-state index contributed by atoms with van der Waals surface area (Å²) in [7, 11) is 0. The molecule has 2 aromatic rings. The number of fused-ring (bicyclic) bond motifs is 1. The zero-order chi connectivity index (χ0) is 12.0. The lowest BCUT2D eigenvalue weighted by molar-refractivity contribution is 0.173. The molecule has 88 valence electrons. The molecule has 2 N–H and O–H groups in total. The van der Waals surface area contributed by atoms with Gasteiger partial charge in [-0.15, -0.1) is 0 Å². The summed E-state index contributed by atoms with van der Waals surface area (Å²) < 4.78 is 15.7. The number of ether oxygens (including phenoxy) is 2. The SMILES string of the molecule is Cc1c(-c2cc(N)on2)cc2c(c1C)OCO2. The van der Waals surface area contributed by atoms with Crippen molar-refractivity contribution >= 4 is 5.88 Å². The summed E-state index contributed by atoms with van der Waals surface area (Å²) in [4.78, 5) is 0. The number of hydrogen-bond acceptors (Lipinski definition) is 5. The van der Waals surface area contributed by atoms with E-state index in [4.69, 9.17) is 19.7 Å². The maximum Gasteiger partial charge on any atom is 0.231 e. The number of rotatable bonds is 1. The fourth-order valence-electron chi connectivity index (χ4n) is 1.98. The van der Waals surface area contributed by atoms with Gasteiger partial charge in [-0.25, -0.2) is 0 Å². The van der Waals surface area contributed by atoms with Crippen LogP contribution in [0.3, 0.4) is 0 Å². The van der Waals surface area contributed by atoms with E-state index in [0.717, 1.165) is 28.2 Å². The molecule has 5 heteroatoms. The molecule has 0 aliphatic carbocycles. The highest BCUT2D eigenvalue weighted by Gasteiger charge is 2.21. The molecule has 0 amide bonds. The number of nitrogens with zero attached hydrogens (tertiary/aromatic N) is 1. The third kappa shape index (κ3) is 1.43. The van der Waals surface area contributed by atoms with Gasteiger partial charge in [-0.2, -0.15) is 0 Å². The van der Waals surface area contributed by atoms with Crippen molar-refractivity contribution in [3.8, 4) is 22.8 Å². The molecule has 3 rings (SSSR count). The molecule has 0 saturated heterocycles. The zero-order valence-electron chi connectivity index (χ0n) is 9.61. The van der Waals surface area contributed by atoms with E-state index in [1.165, 1.54) is 0 Å². The van der Waals surface area contributed by atoms with Gasteiger partial charge in [-0.1, -0.05) is 5.16 Å². The van der Waals surface area contributed by atoms with Crippen molar-refractivity contribution in [2.24, 2.45) is 0 Å². The first-order valence-electron chi connectivity index (χ1n) is 5.29. The first-order valence-corrected chi connectivity index (χ1v) is 5.29. The summed E-state index contributed by atoms with van der Waals surface area (Å²) in [5, 5.41) is 3.92. The van der Waals surface area contributed by atoms with Crippen molar-refractivity contribution in [1.82, 2.24) is 5.16 Å². The number of anilines is 1. The number of nitrogen functional groups attached to an aromatic ring is 1. The zero-order valence-corrected chi connectivity index (χ0v) is 9.61. The van der Waals surface area contributed by atoms with Crippen molar-refractivity contribution < 1.29 is 14.0 Å². The number of hydrogen-bond donors (Lipinski definition) is 1. The van der Waals surface area contributed by atoms with Crippen molar-refractivity contribution in [1.29, 1.82) is 0 Å². The monoisotopic (exact) mass is 232 g/mol. The second-order valence-electron chi connectivity index (χ2n) is 4.02. The van der Waals surface area contributed by atoms with Gasteiger partial charge in [0.2, 0.25) is 12.7 Å². The molecule has 1 aromatic heterocycles. The molecular formula is C12H12N2O3. The molecule has 0 unspecified atom stereocenters. The van der Waals surface area contributed by atoms with Crippen LogP contribution in [0.2, 0.25) is 0 Å². The van der Waals surface area contributed by atoms with Crippen molar-refractivity contribution in [3.05, 3.63) is 23.3 Å². The number of benzene rings is 1. The minimum absolute atomic E-state index is 0.264. The molecule has 0 saturated carbocycles. The van der Waals surface area contributed by atoms with Crippen LogP contribution in [0.15, 0.2) is 16.7 Å². The first-order chi connectivity index (χ1) is 8.16. The summed E-state index contributed by atoms with van der Waals surface area (Å²) in [6.45, 7) is 4.27. The quantitative estimate of drug-likeness (QED) is 0.816. The van der Waals surface area contributed by atoms with Gasteiger partial charge in [0.1, 0.15) is 5.69 Å². The predicted molar refractivity (Wildman–Crippen MR) is 61.9 cm³/mol. The van der Waals surface area contributed by atoms with Crippen LogP contribution in [-0.2, 0) is 0 Å². The van der Waals surface area contributed by atoms with E-state index in [1.54, 1.807) is 6.07 Å². The van der Waals surface area contributed by atoms with Gasteiger partial charge in [0, 0.05) is 11.6 Å². The van der Waals surface area contributed by atoms with E-state index in [1.807, 2.05) is 19.9 Å². The van der Waals surface area contributed by atoms with Crippen LogP contribution in [0.25, 0.3) is 11.3 Å². The van der Waals surface area contributed by atoms with Crippen LogP contribution in [-0.4, -0.2) is 11.9 Å². The molecule has 5 nitrogen and oxygen atoms in total. The van der Waals surface area contributed by atoms with Crippen molar-refractivity contribution in [2.45, 2.75) is 13.8 Å². The Hall–Kier alpha value is -2.17. The lowest BCUT2D eigenvalue weighted by Gasteiger charge is -2.09. The number of nitrogens with two attached hydrogens (primary N) is 1. The summed E-state index contributed by atoms with van der Waals surface area (Å²) in [5.74, 6) is 1.85. The van der Waals surface area contributed by atoms with E-state index < -0.39 is 0 Å². The molecule has 17 heavy (non-hydrogen) atoms. The Morgan fingerprint density at radius 2 is 2.00 bits per heavy atom. The molecule has 1 aliphatic rings. The second kappa shape index (κ2) is 3.41. The normalized spacial score (nSPS) is 13.1. The predicted octanol–water partition coefficient (Wildman–Crippen LogP) is 2.27. The molecule has 1 aliphatic heterocycles. The molecule has 1 aromatic carbocycles. The van der Waals surface area contributed by atoms with Gasteiger partial charge in [-0.05, 0) is 31.0 Å². The van der Waals surface area contributed by atoms with Crippen LogP contribution in [0.1, 0.15) is 11.1 Å². The Morgan fingerprint density at radius 3 is 2.71 bits per heavy atom. The Morgan fingerprint density at radius 1 is 1.18 bits per heavy atom. The van der Waals surface area contributed by atoms with Crippen LogP contribution in [0.5, 0.6) is 11.5 Å².